The molecule has 148 valence electrons. The van der Waals surface area contributed by atoms with Crippen LogP contribution in [0.2, 0.25) is 0 Å². The summed E-state index contributed by atoms with van der Waals surface area (Å²) in [6.07, 6.45) is -0.195. The van der Waals surface area contributed by atoms with E-state index in [0.717, 1.165) is 22.5 Å². The highest BCUT2D eigenvalue weighted by molar-refractivity contribution is 6.07. The molecule has 0 saturated heterocycles. The van der Waals surface area contributed by atoms with Gasteiger partial charge < -0.3 is 14.0 Å². The number of nitriles is 1. The van der Waals surface area contributed by atoms with Crippen LogP contribution in [0.3, 0.4) is 0 Å². The maximum Gasteiger partial charge on any atom is 0.340 e. The molecule has 0 radical (unpaired) electrons. The molecule has 0 unspecified atom stereocenters. The summed E-state index contributed by atoms with van der Waals surface area (Å²) >= 11 is 0. The first-order chi connectivity index (χ1) is 14.0. The van der Waals surface area contributed by atoms with E-state index in [1.165, 1.54) is 0 Å². The minimum absolute atomic E-state index is 0.189. The molecule has 0 N–H and O–H groups in total. The topological polar surface area (TPSA) is 81.3 Å². The molecule has 0 saturated carbocycles. The number of carbonyl (C=O) groups excluding carboxylic acids is 2. The summed E-state index contributed by atoms with van der Waals surface area (Å²) in [6, 6.07) is 15.1. The molecule has 1 heterocycles. The number of rotatable bonds is 7. The van der Waals surface area contributed by atoms with Crippen LogP contribution in [0.25, 0.3) is 16.6 Å². The van der Waals surface area contributed by atoms with Crippen LogP contribution in [0.15, 0.2) is 42.5 Å². The number of fused-ring (bicyclic) bond motifs is 1. The highest BCUT2D eigenvalue weighted by Gasteiger charge is 2.23. The second-order valence-corrected chi connectivity index (χ2v) is 6.64. The number of aryl methyl sites for hydroxylation is 1. The van der Waals surface area contributed by atoms with Gasteiger partial charge in [0.15, 0.2) is 5.78 Å². The van der Waals surface area contributed by atoms with E-state index in [1.807, 2.05) is 54.8 Å². The number of nitrogens with zero attached hydrogens (tertiary/aromatic N) is 2. The summed E-state index contributed by atoms with van der Waals surface area (Å²) < 4.78 is 12.9. The standard InChI is InChI=1S/C23H22N2O4/c1-4-28-23(27)22-16(3)25(20-8-6-5-7-15(20)2)21-10-9-18(13-19(21)22)29-14-17(26)11-12-24/h5-10,13H,4,11,14H2,1-3H3. The number of Topliss-reactive ketones (excluding diaryl/α,β-unsaturated/α-hetero) is 1. The molecule has 0 atom stereocenters. The molecule has 3 rings (SSSR count). The quantitative estimate of drug-likeness (QED) is 0.562. The second kappa shape index (κ2) is 8.61. The van der Waals surface area contributed by atoms with Crippen LogP contribution in [0.4, 0.5) is 0 Å². The molecule has 0 aliphatic heterocycles. The van der Waals surface area contributed by atoms with E-state index >= 15 is 0 Å². The fourth-order valence-corrected chi connectivity index (χ4v) is 3.38. The third-order valence-electron chi connectivity index (χ3n) is 4.69. The van der Waals surface area contributed by atoms with Crippen molar-refractivity contribution in [3.8, 4) is 17.5 Å². The van der Waals surface area contributed by atoms with Gasteiger partial charge in [0.2, 0.25) is 0 Å². The predicted molar refractivity (Wildman–Crippen MR) is 109 cm³/mol. The number of ether oxygens (including phenoxy) is 2. The number of benzene rings is 2. The first kappa shape index (κ1) is 20.2. The Balaban J connectivity index is 2.15. The maximum atomic E-state index is 12.7. The minimum atomic E-state index is -0.403. The predicted octanol–water partition coefficient (Wildman–Crippen LogP) is 4.29. The monoisotopic (exact) mass is 390 g/mol. The maximum absolute atomic E-state index is 12.7. The molecule has 0 amide bonds. The van der Waals surface area contributed by atoms with Crippen molar-refractivity contribution >= 4 is 22.7 Å². The smallest absolute Gasteiger partial charge is 0.340 e. The summed E-state index contributed by atoms with van der Waals surface area (Å²) in [6.45, 7) is 5.75. The van der Waals surface area contributed by atoms with Crippen LogP contribution in [-0.4, -0.2) is 29.5 Å². The lowest BCUT2D eigenvalue weighted by atomic mass is 10.1. The van der Waals surface area contributed by atoms with Crippen LogP contribution in [-0.2, 0) is 9.53 Å². The molecule has 0 fully saturated rings. The van der Waals surface area contributed by atoms with E-state index in [-0.39, 0.29) is 25.4 Å². The van der Waals surface area contributed by atoms with Crippen molar-refractivity contribution in [1.82, 2.24) is 4.57 Å². The van der Waals surface area contributed by atoms with E-state index in [0.29, 0.717) is 16.7 Å². The Bertz CT molecular complexity index is 1120. The van der Waals surface area contributed by atoms with Crippen molar-refractivity contribution in [1.29, 1.82) is 5.26 Å². The Morgan fingerprint density at radius 1 is 1.14 bits per heavy atom. The van der Waals surface area contributed by atoms with Gasteiger partial charge in [-0.05, 0) is 50.6 Å². The van der Waals surface area contributed by atoms with Crippen LogP contribution in [0.1, 0.15) is 35.0 Å². The van der Waals surface area contributed by atoms with Crippen molar-refractivity contribution < 1.29 is 19.1 Å². The zero-order valence-electron chi connectivity index (χ0n) is 16.7. The summed E-state index contributed by atoms with van der Waals surface area (Å²) in [5, 5.41) is 9.30. The molecule has 6 heteroatoms. The Hall–Kier alpha value is -3.59. The molecule has 0 bridgehead atoms. The van der Waals surface area contributed by atoms with Crippen LogP contribution in [0, 0.1) is 25.2 Å². The fraction of sp³-hybridized carbons (Fsp3) is 0.261. The Kier molecular flexibility index (Phi) is 5.99. The second-order valence-electron chi connectivity index (χ2n) is 6.64. The highest BCUT2D eigenvalue weighted by Crippen LogP contribution is 2.33. The number of aromatic nitrogens is 1. The SMILES string of the molecule is CCOC(=O)c1c(C)n(-c2ccccc2C)c2ccc(OCC(=O)CC#N)cc12. The third-order valence-corrected chi connectivity index (χ3v) is 4.69. The molecule has 3 aromatic rings. The van der Waals surface area contributed by atoms with Gasteiger partial charge in [0.05, 0.1) is 30.2 Å². The van der Waals surface area contributed by atoms with E-state index < -0.39 is 5.97 Å². The zero-order chi connectivity index (χ0) is 21.0. The summed E-state index contributed by atoms with van der Waals surface area (Å²) in [5.74, 6) is -0.247. The molecule has 0 aliphatic carbocycles. The van der Waals surface area contributed by atoms with Crippen LogP contribution >= 0.6 is 0 Å². The first-order valence-electron chi connectivity index (χ1n) is 9.37. The van der Waals surface area contributed by atoms with Gasteiger partial charge in [-0.2, -0.15) is 5.26 Å². The van der Waals surface area contributed by atoms with Gasteiger partial charge in [-0.15, -0.1) is 0 Å². The van der Waals surface area contributed by atoms with Crippen molar-refractivity contribution in [2.24, 2.45) is 0 Å². The molecule has 0 spiro atoms. The van der Waals surface area contributed by atoms with Gasteiger partial charge in [0.25, 0.3) is 0 Å². The molecule has 6 nitrogen and oxygen atoms in total. The van der Waals surface area contributed by atoms with Crippen LogP contribution in [0.5, 0.6) is 5.75 Å². The van der Waals surface area contributed by atoms with E-state index in [1.54, 1.807) is 19.1 Å². The normalized spacial score (nSPS) is 10.6. The average molecular weight is 390 g/mol. The number of hydrogen-bond donors (Lipinski definition) is 0. The number of para-hydroxylation sites is 1. The summed E-state index contributed by atoms with van der Waals surface area (Å²) in [5.41, 5.74) is 4.13. The van der Waals surface area contributed by atoms with E-state index in [9.17, 15) is 9.59 Å². The first-order valence-corrected chi connectivity index (χ1v) is 9.37. The van der Waals surface area contributed by atoms with Crippen molar-refractivity contribution in [2.75, 3.05) is 13.2 Å². The van der Waals surface area contributed by atoms with Crippen molar-refractivity contribution in [2.45, 2.75) is 27.2 Å². The van der Waals surface area contributed by atoms with E-state index in [4.69, 9.17) is 14.7 Å². The third kappa shape index (κ3) is 3.99. The average Bonchev–Trinajstić information content (AvgIpc) is 2.98. The van der Waals surface area contributed by atoms with Crippen molar-refractivity contribution in [3.63, 3.8) is 0 Å². The molecule has 0 aliphatic rings. The van der Waals surface area contributed by atoms with Gasteiger partial charge in [-0.25, -0.2) is 4.79 Å². The van der Waals surface area contributed by atoms with Gasteiger partial charge in [-0.1, -0.05) is 18.2 Å². The summed E-state index contributed by atoms with van der Waals surface area (Å²) in [7, 11) is 0. The van der Waals surface area contributed by atoms with Gasteiger partial charge in [0.1, 0.15) is 12.4 Å². The lowest BCUT2D eigenvalue weighted by Gasteiger charge is -2.12. The van der Waals surface area contributed by atoms with Gasteiger partial charge in [0, 0.05) is 16.8 Å². The minimum Gasteiger partial charge on any atom is -0.486 e. The number of ketones is 1. The highest BCUT2D eigenvalue weighted by atomic mass is 16.5. The Morgan fingerprint density at radius 2 is 1.90 bits per heavy atom. The number of carbonyl (C=O) groups is 2. The summed E-state index contributed by atoms with van der Waals surface area (Å²) in [4.78, 5) is 24.3. The molecular formula is C23H22N2O4. The van der Waals surface area contributed by atoms with Crippen LogP contribution < -0.4 is 4.74 Å². The Labute approximate surface area is 169 Å². The molecule has 29 heavy (non-hydrogen) atoms. The van der Waals surface area contributed by atoms with Gasteiger partial charge >= 0.3 is 5.97 Å². The molecule has 1 aromatic heterocycles. The largest absolute Gasteiger partial charge is 0.486 e. The lowest BCUT2D eigenvalue weighted by molar-refractivity contribution is -0.120. The fourth-order valence-electron chi connectivity index (χ4n) is 3.38. The molecule has 2 aromatic carbocycles. The Morgan fingerprint density at radius 3 is 2.59 bits per heavy atom. The lowest BCUT2D eigenvalue weighted by Crippen LogP contribution is -2.10. The molecular weight excluding hydrogens is 368 g/mol. The van der Waals surface area contributed by atoms with Gasteiger partial charge in [-0.3, -0.25) is 4.79 Å². The number of esters is 1. The number of hydrogen-bond acceptors (Lipinski definition) is 5. The zero-order valence-corrected chi connectivity index (χ0v) is 16.7. The van der Waals surface area contributed by atoms with Crippen molar-refractivity contribution in [3.05, 3.63) is 59.3 Å². The van der Waals surface area contributed by atoms with E-state index in [2.05, 4.69) is 0 Å².